The Morgan fingerprint density at radius 3 is 2.69 bits per heavy atom. The van der Waals surface area contributed by atoms with Gasteiger partial charge in [-0.15, -0.1) is 0 Å². The van der Waals surface area contributed by atoms with Gasteiger partial charge in [0.25, 0.3) is 0 Å². The molecule has 2 rings (SSSR count). The number of quaternary nitrogens is 1. The average molecular weight is 179 g/mol. The molecule has 0 bridgehead atoms. The van der Waals surface area contributed by atoms with Gasteiger partial charge in [0.05, 0.1) is 7.05 Å². The number of rotatable bonds is 2. The Bertz CT molecular complexity index is 269. The van der Waals surface area contributed by atoms with E-state index in [1.54, 1.807) is 0 Å². The predicted molar refractivity (Wildman–Crippen MR) is 50.3 cm³/mol. The summed E-state index contributed by atoms with van der Waals surface area (Å²) in [5, 5.41) is 0. The summed E-state index contributed by atoms with van der Waals surface area (Å²) in [5.41, 5.74) is 0. The van der Waals surface area contributed by atoms with Crippen molar-refractivity contribution in [2.75, 3.05) is 20.3 Å². The molecule has 2 heterocycles. The van der Waals surface area contributed by atoms with Crippen LogP contribution in [0.1, 0.15) is 12.8 Å². The van der Waals surface area contributed by atoms with E-state index < -0.39 is 0 Å². The van der Waals surface area contributed by atoms with Crippen molar-refractivity contribution in [3.63, 3.8) is 0 Å². The van der Waals surface area contributed by atoms with Gasteiger partial charge in [0.2, 0.25) is 5.91 Å². The number of likely N-dealkylation sites (tertiary alicyclic amines) is 1. The van der Waals surface area contributed by atoms with Crippen LogP contribution in [0, 0.1) is 0 Å². The molecule has 0 aromatic heterocycles. The van der Waals surface area contributed by atoms with Crippen molar-refractivity contribution in [2.24, 2.45) is 0 Å². The van der Waals surface area contributed by atoms with Crippen molar-refractivity contribution >= 4 is 5.91 Å². The van der Waals surface area contributed by atoms with Gasteiger partial charge in [-0.05, 0) is 18.6 Å². The lowest BCUT2D eigenvalue weighted by atomic mass is 10.4. The Hall–Kier alpha value is -1.09. The minimum atomic E-state index is 0.299. The lowest BCUT2D eigenvalue weighted by Crippen LogP contribution is -2.43. The number of carbonyl (C=O) groups excluding carboxylic acids is 1. The van der Waals surface area contributed by atoms with Crippen molar-refractivity contribution in [1.82, 2.24) is 4.90 Å². The highest BCUT2D eigenvalue weighted by atomic mass is 16.2. The normalized spacial score (nSPS) is 24.7. The zero-order valence-corrected chi connectivity index (χ0v) is 7.94. The van der Waals surface area contributed by atoms with Crippen LogP contribution in [0.25, 0.3) is 0 Å². The van der Waals surface area contributed by atoms with Crippen LogP contribution >= 0.6 is 0 Å². The Kier molecular flexibility index (Phi) is 1.96. The molecule has 0 saturated carbocycles. The molecular weight excluding hydrogens is 164 g/mol. The van der Waals surface area contributed by atoms with Crippen LogP contribution in [-0.4, -0.2) is 35.6 Å². The summed E-state index contributed by atoms with van der Waals surface area (Å²) >= 11 is 0. The monoisotopic (exact) mass is 179 g/mol. The van der Waals surface area contributed by atoms with Crippen LogP contribution in [0.2, 0.25) is 0 Å². The summed E-state index contributed by atoms with van der Waals surface area (Å²) in [5.74, 6) is 0.299. The second-order valence-corrected chi connectivity index (χ2v) is 3.93. The van der Waals surface area contributed by atoms with E-state index in [1.165, 1.54) is 0 Å². The SMILES string of the molecule is C[N+]1(CN2CCCC2=O)C=CC=C1. The van der Waals surface area contributed by atoms with Crippen LogP contribution in [0.3, 0.4) is 0 Å². The van der Waals surface area contributed by atoms with Crippen molar-refractivity contribution in [2.45, 2.75) is 12.8 Å². The van der Waals surface area contributed by atoms with Gasteiger partial charge in [0, 0.05) is 13.0 Å². The first kappa shape index (κ1) is 8.51. The minimum absolute atomic E-state index is 0.299. The van der Waals surface area contributed by atoms with Crippen molar-refractivity contribution in [3.8, 4) is 0 Å². The number of hydrogen-bond acceptors (Lipinski definition) is 1. The highest BCUT2D eigenvalue weighted by Crippen LogP contribution is 2.17. The van der Waals surface area contributed by atoms with E-state index in [9.17, 15) is 4.79 Å². The van der Waals surface area contributed by atoms with Crippen LogP contribution in [-0.2, 0) is 4.79 Å². The number of allylic oxidation sites excluding steroid dienone is 2. The minimum Gasteiger partial charge on any atom is -0.295 e. The van der Waals surface area contributed by atoms with Crippen molar-refractivity contribution in [3.05, 3.63) is 24.6 Å². The number of nitrogens with zero attached hydrogens (tertiary/aromatic N) is 2. The fourth-order valence-electron chi connectivity index (χ4n) is 1.86. The smallest absolute Gasteiger partial charge is 0.226 e. The van der Waals surface area contributed by atoms with Gasteiger partial charge in [-0.2, -0.15) is 0 Å². The maximum atomic E-state index is 11.4. The summed E-state index contributed by atoms with van der Waals surface area (Å²) in [6.07, 6.45) is 10.0. The first-order valence-electron chi connectivity index (χ1n) is 4.69. The van der Waals surface area contributed by atoms with Gasteiger partial charge in [-0.1, -0.05) is 0 Å². The van der Waals surface area contributed by atoms with Gasteiger partial charge in [0.1, 0.15) is 12.4 Å². The maximum absolute atomic E-state index is 11.4. The van der Waals surface area contributed by atoms with Crippen LogP contribution in [0.15, 0.2) is 24.6 Å². The van der Waals surface area contributed by atoms with E-state index in [1.807, 2.05) is 17.1 Å². The molecule has 1 saturated heterocycles. The molecule has 3 nitrogen and oxygen atoms in total. The van der Waals surface area contributed by atoms with Crippen molar-refractivity contribution < 1.29 is 9.28 Å². The quantitative estimate of drug-likeness (QED) is 0.580. The first-order valence-corrected chi connectivity index (χ1v) is 4.69. The summed E-state index contributed by atoms with van der Waals surface area (Å²) in [6, 6.07) is 0. The zero-order valence-electron chi connectivity index (χ0n) is 7.94. The van der Waals surface area contributed by atoms with Gasteiger partial charge >= 0.3 is 0 Å². The molecule has 3 heteroatoms. The summed E-state index contributed by atoms with van der Waals surface area (Å²) < 4.78 is 0.728. The van der Waals surface area contributed by atoms with Crippen molar-refractivity contribution in [1.29, 1.82) is 0 Å². The molecule has 0 spiro atoms. The Morgan fingerprint density at radius 2 is 2.15 bits per heavy atom. The standard InChI is InChI=1S/C10H15N2O/c1-12(7-2-3-8-12)9-11-6-4-5-10(11)13/h2-3,7-8H,4-6,9H2,1H3/q+1. The van der Waals surface area contributed by atoms with Gasteiger partial charge in [-0.3, -0.25) is 14.2 Å². The first-order chi connectivity index (χ1) is 6.20. The molecule has 2 aliphatic rings. The largest absolute Gasteiger partial charge is 0.295 e. The van der Waals surface area contributed by atoms with Gasteiger partial charge in [-0.25, -0.2) is 0 Å². The molecule has 0 aliphatic carbocycles. The molecule has 0 atom stereocenters. The number of carbonyl (C=O) groups is 1. The molecule has 13 heavy (non-hydrogen) atoms. The molecule has 0 N–H and O–H groups in total. The van der Waals surface area contributed by atoms with E-state index in [0.29, 0.717) is 5.91 Å². The fraction of sp³-hybridized carbons (Fsp3) is 0.500. The highest BCUT2D eigenvalue weighted by molar-refractivity contribution is 5.77. The fourth-order valence-corrected chi connectivity index (χ4v) is 1.86. The highest BCUT2D eigenvalue weighted by Gasteiger charge is 2.28. The number of amides is 1. The van der Waals surface area contributed by atoms with E-state index >= 15 is 0 Å². The zero-order chi connectivity index (χ0) is 9.31. The second-order valence-electron chi connectivity index (χ2n) is 3.93. The third-order valence-electron chi connectivity index (χ3n) is 2.61. The topological polar surface area (TPSA) is 20.3 Å². The Balaban J connectivity index is 2.01. The lowest BCUT2D eigenvalue weighted by molar-refractivity contribution is -0.814. The molecule has 0 unspecified atom stereocenters. The lowest BCUT2D eigenvalue weighted by Gasteiger charge is -2.28. The van der Waals surface area contributed by atoms with E-state index in [0.717, 1.165) is 30.5 Å². The third-order valence-corrected chi connectivity index (χ3v) is 2.61. The van der Waals surface area contributed by atoms with E-state index in [2.05, 4.69) is 19.4 Å². The van der Waals surface area contributed by atoms with Crippen LogP contribution < -0.4 is 0 Å². The van der Waals surface area contributed by atoms with E-state index in [4.69, 9.17) is 0 Å². The molecule has 1 fully saturated rings. The molecule has 0 radical (unpaired) electrons. The molecule has 1 amide bonds. The maximum Gasteiger partial charge on any atom is 0.226 e. The third kappa shape index (κ3) is 1.65. The molecule has 2 aliphatic heterocycles. The van der Waals surface area contributed by atoms with E-state index in [-0.39, 0.29) is 0 Å². The predicted octanol–water partition coefficient (Wildman–Crippen LogP) is 1.05. The van der Waals surface area contributed by atoms with Gasteiger partial charge in [0.15, 0.2) is 6.67 Å². The molecule has 0 aromatic rings. The molecular formula is C10H15N2O+. The van der Waals surface area contributed by atoms with Crippen LogP contribution in [0.5, 0.6) is 0 Å². The summed E-state index contributed by atoms with van der Waals surface area (Å²) in [4.78, 5) is 13.3. The molecule has 70 valence electrons. The molecule has 0 aromatic carbocycles. The number of hydrogen-bond donors (Lipinski definition) is 0. The Morgan fingerprint density at radius 1 is 1.46 bits per heavy atom. The summed E-state index contributed by atoms with van der Waals surface area (Å²) in [6.45, 7) is 1.71. The van der Waals surface area contributed by atoms with Gasteiger partial charge < -0.3 is 0 Å². The Labute approximate surface area is 78.5 Å². The van der Waals surface area contributed by atoms with Crippen LogP contribution in [0.4, 0.5) is 0 Å². The second kappa shape index (κ2) is 3.00. The average Bonchev–Trinajstić information content (AvgIpc) is 2.64. The summed E-state index contributed by atoms with van der Waals surface area (Å²) in [7, 11) is 2.10.